The number of likely N-dealkylation sites (tertiary alicyclic amines) is 1. The van der Waals surface area contributed by atoms with Gasteiger partial charge < -0.3 is 5.11 Å². The van der Waals surface area contributed by atoms with Crippen molar-refractivity contribution in [2.24, 2.45) is 0 Å². The summed E-state index contributed by atoms with van der Waals surface area (Å²) in [5, 5.41) is 10.9. The molecule has 1 saturated heterocycles. The molecule has 0 amide bonds. The Morgan fingerprint density at radius 3 is 2.76 bits per heavy atom. The molecule has 92 valence electrons. The predicted molar refractivity (Wildman–Crippen MR) is 69.0 cm³/mol. The van der Waals surface area contributed by atoms with E-state index in [1.165, 1.54) is 24.0 Å². The van der Waals surface area contributed by atoms with Gasteiger partial charge in [-0.2, -0.15) is 0 Å². The molecule has 3 rings (SSSR count). The Balaban J connectivity index is 1.89. The molecule has 1 saturated carbocycles. The van der Waals surface area contributed by atoms with Crippen LogP contribution >= 0.6 is 0 Å². The summed E-state index contributed by atoms with van der Waals surface area (Å²) >= 11 is 0. The molecule has 1 heterocycles. The zero-order chi connectivity index (χ0) is 12.0. The standard InChI is InChI=1S/C15H21NO/c1-11-3-4-12(2)14(9-11)15(17)7-8-16(10-15)13-5-6-13/h3-4,9,13,17H,5-8,10H2,1-2H3. The highest BCUT2D eigenvalue weighted by Gasteiger charge is 2.43. The van der Waals surface area contributed by atoms with Crippen molar-refractivity contribution in [2.45, 2.75) is 44.8 Å². The van der Waals surface area contributed by atoms with Crippen LogP contribution in [0.25, 0.3) is 0 Å². The quantitative estimate of drug-likeness (QED) is 0.844. The summed E-state index contributed by atoms with van der Waals surface area (Å²) in [6.45, 7) is 6.07. The van der Waals surface area contributed by atoms with E-state index in [1.54, 1.807) is 0 Å². The van der Waals surface area contributed by atoms with E-state index in [-0.39, 0.29) is 0 Å². The molecule has 0 radical (unpaired) electrons. The molecule has 1 aromatic rings. The Morgan fingerprint density at radius 2 is 2.06 bits per heavy atom. The third kappa shape index (κ3) is 2.00. The first-order valence-electron chi connectivity index (χ1n) is 6.63. The number of rotatable bonds is 2. The van der Waals surface area contributed by atoms with Gasteiger partial charge in [0.1, 0.15) is 5.60 Å². The van der Waals surface area contributed by atoms with E-state index in [2.05, 4.69) is 36.9 Å². The maximum Gasteiger partial charge on any atom is 0.104 e. The van der Waals surface area contributed by atoms with Crippen molar-refractivity contribution in [3.63, 3.8) is 0 Å². The molecule has 1 N–H and O–H groups in total. The van der Waals surface area contributed by atoms with Crippen molar-refractivity contribution < 1.29 is 5.11 Å². The Labute approximate surface area is 103 Å². The van der Waals surface area contributed by atoms with Crippen molar-refractivity contribution in [2.75, 3.05) is 13.1 Å². The fraction of sp³-hybridized carbons (Fsp3) is 0.600. The highest BCUT2D eigenvalue weighted by molar-refractivity contribution is 5.36. The van der Waals surface area contributed by atoms with Crippen LogP contribution in [0.2, 0.25) is 0 Å². The van der Waals surface area contributed by atoms with E-state index in [1.807, 2.05) is 0 Å². The van der Waals surface area contributed by atoms with Crippen LogP contribution in [0.1, 0.15) is 36.0 Å². The molecule has 0 spiro atoms. The number of hydrogen-bond acceptors (Lipinski definition) is 2. The zero-order valence-corrected chi connectivity index (χ0v) is 10.7. The zero-order valence-electron chi connectivity index (χ0n) is 10.7. The Hall–Kier alpha value is -0.860. The second kappa shape index (κ2) is 3.82. The SMILES string of the molecule is Cc1ccc(C)c(C2(O)CCN(C3CC3)C2)c1. The predicted octanol–water partition coefficient (Wildman–Crippen LogP) is 2.36. The van der Waals surface area contributed by atoms with E-state index in [4.69, 9.17) is 0 Å². The second-order valence-electron chi connectivity index (χ2n) is 5.80. The molecule has 1 aliphatic carbocycles. The minimum atomic E-state index is -0.612. The van der Waals surface area contributed by atoms with E-state index in [0.717, 1.165) is 31.1 Å². The molecular weight excluding hydrogens is 210 g/mol. The summed E-state index contributed by atoms with van der Waals surface area (Å²) in [5.41, 5.74) is 2.99. The molecule has 2 fully saturated rings. The van der Waals surface area contributed by atoms with Crippen molar-refractivity contribution in [3.8, 4) is 0 Å². The number of benzene rings is 1. The minimum Gasteiger partial charge on any atom is -0.384 e. The summed E-state index contributed by atoms with van der Waals surface area (Å²) in [4.78, 5) is 2.46. The maximum absolute atomic E-state index is 10.9. The van der Waals surface area contributed by atoms with Crippen molar-refractivity contribution in [3.05, 3.63) is 34.9 Å². The first kappa shape index (κ1) is 11.2. The van der Waals surface area contributed by atoms with Crippen LogP contribution in [0.4, 0.5) is 0 Å². The Bertz CT molecular complexity index is 439. The lowest BCUT2D eigenvalue weighted by Crippen LogP contribution is -2.32. The second-order valence-corrected chi connectivity index (χ2v) is 5.80. The summed E-state index contributed by atoms with van der Waals surface area (Å²) in [6.07, 6.45) is 3.53. The lowest BCUT2D eigenvalue weighted by Gasteiger charge is -2.26. The van der Waals surface area contributed by atoms with Crippen LogP contribution in [0.15, 0.2) is 18.2 Å². The number of aliphatic hydroxyl groups is 1. The van der Waals surface area contributed by atoms with Gasteiger partial charge in [0.15, 0.2) is 0 Å². The van der Waals surface area contributed by atoms with Gasteiger partial charge in [0.2, 0.25) is 0 Å². The Kier molecular flexibility index (Phi) is 2.53. The van der Waals surface area contributed by atoms with Gasteiger partial charge in [-0.25, -0.2) is 0 Å². The van der Waals surface area contributed by atoms with Gasteiger partial charge in [0, 0.05) is 19.1 Å². The summed E-state index contributed by atoms with van der Waals surface area (Å²) in [5.74, 6) is 0. The Morgan fingerprint density at radius 1 is 1.29 bits per heavy atom. The highest BCUT2D eigenvalue weighted by atomic mass is 16.3. The van der Waals surface area contributed by atoms with Crippen LogP contribution in [-0.4, -0.2) is 29.1 Å². The average molecular weight is 231 g/mol. The third-order valence-electron chi connectivity index (χ3n) is 4.23. The van der Waals surface area contributed by atoms with E-state index in [0.29, 0.717) is 0 Å². The topological polar surface area (TPSA) is 23.5 Å². The van der Waals surface area contributed by atoms with Crippen molar-refractivity contribution in [1.29, 1.82) is 0 Å². The third-order valence-corrected chi connectivity index (χ3v) is 4.23. The van der Waals surface area contributed by atoms with E-state index >= 15 is 0 Å². The molecule has 2 nitrogen and oxygen atoms in total. The van der Waals surface area contributed by atoms with Crippen LogP contribution in [0.3, 0.4) is 0 Å². The summed E-state index contributed by atoms with van der Waals surface area (Å²) in [7, 11) is 0. The molecule has 0 aromatic heterocycles. The fourth-order valence-electron chi connectivity index (χ4n) is 3.03. The molecule has 1 atom stereocenters. The number of hydrogen-bond donors (Lipinski definition) is 1. The molecule has 1 aromatic carbocycles. The molecule has 17 heavy (non-hydrogen) atoms. The number of aryl methyl sites for hydroxylation is 2. The molecule has 0 bridgehead atoms. The average Bonchev–Trinajstić information content (AvgIpc) is 3.06. The largest absolute Gasteiger partial charge is 0.384 e. The molecule has 2 aliphatic rings. The smallest absolute Gasteiger partial charge is 0.104 e. The molecular formula is C15H21NO. The normalized spacial score (nSPS) is 29.8. The van der Waals surface area contributed by atoms with Crippen LogP contribution < -0.4 is 0 Å². The van der Waals surface area contributed by atoms with E-state index < -0.39 is 5.60 Å². The van der Waals surface area contributed by atoms with Crippen molar-refractivity contribution >= 4 is 0 Å². The van der Waals surface area contributed by atoms with Crippen molar-refractivity contribution in [1.82, 2.24) is 4.90 Å². The lowest BCUT2D eigenvalue weighted by molar-refractivity contribution is 0.0445. The van der Waals surface area contributed by atoms with Crippen LogP contribution in [0.5, 0.6) is 0 Å². The van der Waals surface area contributed by atoms with Crippen LogP contribution in [-0.2, 0) is 5.60 Å². The maximum atomic E-state index is 10.9. The first-order chi connectivity index (χ1) is 8.08. The highest BCUT2D eigenvalue weighted by Crippen LogP contribution is 2.39. The molecule has 2 heteroatoms. The molecule has 1 aliphatic heterocycles. The fourth-order valence-corrected chi connectivity index (χ4v) is 3.03. The summed E-state index contributed by atoms with van der Waals surface area (Å²) < 4.78 is 0. The monoisotopic (exact) mass is 231 g/mol. The van der Waals surface area contributed by atoms with E-state index in [9.17, 15) is 5.11 Å². The van der Waals surface area contributed by atoms with Crippen LogP contribution in [0, 0.1) is 13.8 Å². The van der Waals surface area contributed by atoms with Gasteiger partial charge in [-0.15, -0.1) is 0 Å². The van der Waals surface area contributed by atoms with Gasteiger partial charge in [0.05, 0.1) is 0 Å². The van der Waals surface area contributed by atoms with Gasteiger partial charge in [0.25, 0.3) is 0 Å². The van der Waals surface area contributed by atoms with Gasteiger partial charge >= 0.3 is 0 Å². The van der Waals surface area contributed by atoms with Gasteiger partial charge in [-0.3, -0.25) is 4.90 Å². The lowest BCUT2D eigenvalue weighted by atomic mass is 9.88. The first-order valence-corrected chi connectivity index (χ1v) is 6.63. The van der Waals surface area contributed by atoms with Gasteiger partial charge in [-0.1, -0.05) is 23.8 Å². The number of β-amino-alcohol motifs (C(OH)–C–C–N with tert-alkyl or cyclic N) is 1. The molecule has 1 unspecified atom stereocenters. The van der Waals surface area contributed by atoms with Gasteiger partial charge in [-0.05, 0) is 44.2 Å². The number of nitrogens with zero attached hydrogens (tertiary/aromatic N) is 1. The summed E-state index contributed by atoms with van der Waals surface area (Å²) in [6, 6.07) is 7.17. The minimum absolute atomic E-state index is 0.612.